The lowest BCUT2D eigenvalue weighted by Gasteiger charge is -2.29. The second-order valence-electron chi connectivity index (χ2n) is 7.20. The molecule has 1 spiro atoms. The fourth-order valence-electron chi connectivity index (χ4n) is 4.63. The van der Waals surface area contributed by atoms with Crippen LogP contribution in [0.3, 0.4) is 0 Å². The molecule has 6 heteroatoms. The van der Waals surface area contributed by atoms with Gasteiger partial charge in [0.2, 0.25) is 0 Å². The Hall–Kier alpha value is -2.73. The highest BCUT2D eigenvalue weighted by molar-refractivity contribution is 6.08. The van der Waals surface area contributed by atoms with Gasteiger partial charge in [-0.1, -0.05) is 37.3 Å². The summed E-state index contributed by atoms with van der Waals surface area (Å²) in [6, 6.07) is 13.1. The van der Waals surface area contributed by atoms with Gasteiger partial charge in [0.25, 0.3) is 5.91 Å². The molecule has 0 radical (unpaired) electrons. The first-order valence-electron chi connectivity index (χ1n) is 8.90. The molecule has 1 fully saturated rings. The third-order valence-electron chi connectivity index (χ3n) is 6.00. The fraction of sp³-hybridized carbons (Fsp3) is 0.333. The molecule has 2 aromatic rings. The zero-order valence-electron chi connectivity index (χ0n) is 15.4. The second-order valence-corrected chi connectivity index (χ2v) is 7.20. The Labute approximate surface area is 157 Å². The van der Waals surface area contributed by atoms with Crippen molar-refractivity contribution in [2.75, 3.05) is 19.1 Å². The minimum absolute atomic E-state index is 0.102. The molecule has 0 unspecified atom stereocenters. The lowest BCUT2D eigenvalue weighted by Crippen LogP contribution is -2.50. The Bertz CT molecular complexity index is 914. The second kappa shape index (κ2) is 6.16. The highest BCUT2D eigenvalue weighted by Gasteiger charge is 2.63. The van der Waals surface area contributed by atoms with E-state index < -0.39 is 17.5 Å². The average molecular weight is 368 g/mol. The number of benzene rings is 2. The number of anilines is 1. The molecule has 2 aliphatic rings. The molecule has 5 nitrogen and oxygen atoms in total. The molecular formula is C21H21FN2O3. The first-order valence-corrected chi connectivity index (χ1v) is 8.90. The number of ether oxygens (including phenoxy) is 1. The number of nitrogens with zero attached hydrogens (tertiary/aromatic N) is 1. The van der Waals surface area contributed by atoms with E-state index >= 15 is 0 Å². The van der Waals surface area contributed by atoms with Crippen molar-refractivity contribution in [1.29, 1.82) is 0 Å². The van der Waals surface area contributed by atoms with Gasteiger partial charge in [0, 0.05) is 30.3 Å². The van der Waals surface area contributed by atoms with E-state index in [9.17, 15) is 14.0 Å². The molecule has 0 aromatic heterocycles. The SMILES string of the molecule is COC(=O)[C@@H]1[C@H](c2ccc(F)cc2)N[C@@]2(C(=O)N(C)c3ccccc32)[C@H]1C. The van der Waals surface area contributed by atoms with Gasteiger partial charge in [0.1, 0.15) is 11.4 Å². The zero-order chi connectivity index (χ0) is 19.3. The van der Waals surface area contributed by atoms with Crippen LogP contribution in [0.2, 0.25) is 0 Å². The van der Waals surface area contributed by atoms with Crippen LogP contribution in [0.1, 0.15) is 24.1 Å². The predicted molar refractivity (Wildman–Crippen MR) is 98.5 cm³/mol. The number of para-hydroxylation sites is 1. The highest BCUT2D eigenvalue weighted by Crippen LogP contribution is 2.54. The van der Waals surface area contributed by atoms with Crippen LogP contribution in [0.25, 0.3) is 0 Å². The summed E-state index contributed by atoms with van der Waals surface area (Å²) in [5.41, 5.74) is 1.40. The maximum absolute atomic E-state index is 13.4. The number of likely N-dealkylation sites (N-methyl/N-ethyl adjacent to an activating group) is 1. The van der Waals surface area contributed by atoms with E-state index in [2.05, 4.69) is 5.32 Å². The molecule has 4 atom stereocenters. The molecule has 2 aromatic carbocycles. The molecule has 4 rings (SSSR count). The van der Waals surface area contributed by atoms with E-state index in [-0.39, 0.29) is 23.6 Å². The van der Waals surface area contributed by atoms with E-state index in [1.165, 1.54) is 19.2 Å². The molecule has 27 heavy (non-hydrogen) atoms. The van der Waals surface area contributed by atoms with Crippen LogP contribution in [0.4, 0.5) is 10.1 Å². The molecule has 1 N–H and O–H groups in total. The van der Waals surface area contributed by atoms with Crippen molar-refractivity contribution >= 4 is 17.6 Å². The summed E-state index contributed by atoms with van der Waals surface area (Å²) >= 11 is 0. The number of methoxy groups -OCH3 is 1. The van der Waals surface area contributed by atoms with Gasteiger partial charge >= 0.3 is 5.97 Å². The lowest BCUT2D eigenvalue weighted by molar-refractivity contribution is -0.147. The maximum atomic E-state index is 13.4. The molecule has 0 saturated carbocycles. The van der Waals surface area contributed by atoms with Crippen LogP contribution < -0.4 is 10.2 Å². The van der Waals surface area contributed by atoms with Gasteiger partial charge in [-0.25, -0.2) is 4.39 Å². The summed E-state index contributed by atoms with van der Waals surface area (Å²) in [4.78, 5) is 27.6. The number of carbonyl (C=O) groups excluding carboxylic acids is 2. The lowest BCUT2D eigenvalue weighted by atomic mass is 9.76. The van der Waals surface area contributed by atoms with Gasteiger partial charge in [0.05, 0.1) is 13.0 Å². The van der Waals surface area contributed by atoms with Crippen molar-refractivity contribution in [2.45, 2.75) is 18.5 Å². The van der Waals surface area contributed by atoms with Crippen LogP contribution in [0, 0.1) is 17.7 Å². The summed E-state index contributed by atoms with van der Waals surface area (Å²) in [5, 5.41) is 3.44. The Morgan fingerprint density at radius 2 is 1.85 bits per heavy atom. The number of hydrogen-bond acceptors (Lipinski definition) is 4. The first kappa shape index (κ1) is 17.7. The zero-order valence-corrected chi connectivity index (χ0v) is 15.4. The topological polar surface area (TPSA) is 58.6 Å². The number of halogens is 1. The average Bonchev–Trinajstić information content (AvgIpc) is 3.11. The molecule has 1 saturated heterocycles. The number of rotatable bonds is 2. The quantitative estimate of drug-likeness (QED) is 0.828. The van der Waals surface area contributed by atoms with Crippen LogP contribution in [-0.4, -0.2) is 26.0 Å². The third kappa shape index (κ3) is 2.33. The maximum Gasteiger partial charge on any atom is 0.310 e. The number of esters is 1. The summed E-state index contributed by atoms with van der Waals surface area (Å²) in [6.07, 6.45) is 0. The Kier molecular flexibility index (Phi) is 4.03. The largest absolute Gasteiger partial charge is 0.469 e. The van der Waals surface area contributed by atoms with Crippen molar-refractivity contribution in [1.82, 2.24) is 5.32 Å². The number of amides is 1. The van der Waals surface area contributed by atoms with Crippen molar-refractivity contribution in [2.24, 2.45) is 11.8 Å². The first-order chi connectivity index (χ1) is 12.9. The predicted octanol–water partition coefficient (Wildman–Crippen LogP) is 2.77. The van der Waals surface area contributed by atoms with E-state index in [0.717, 1.165) is 16.8 Å². The molecular weight excluding hydrogens is 347 g/mol. The van der Waals surface area contributed by atoms with Crippen LogP contribution >= 0.6 is 0 Å². The summed E-state index contributed by atoms with van der Waals surface area (Å²) in [5.74, 6) is -1.77. The van der Waals surface area contributed by atoms with E-state index in [1.807, 2.05) is 31.2 Å². The van der Waals surface area contributed by atoms with Crippen molar-refractivity contribution in [3.63, 3.8) is 0 Å². The van der Waals surface area contributed by atoms with Crippen molar-refractivity contribution in [3.05, 3.63) is 65.5 Å². The monoisotopic (exact) mass is 368 g/mol. The van der Waals surface area contributed by atoms with Gasteiger partial charge in [0.15, 0.2) is 0 Å². The number of carbonyl (C=O) groups is 2. The molecule has 140 valence electrons. The normalized spacial score (nSPS) is 29.3. The highest BCUT2D eigenvalue weighted by atomic mass is 19.1. The van der Waals surface area contributed by atoms with Gasteiger partial charge in [-0.05, 0) is 23.8 Å². The van der Waals surface area contributed by atoms with Crippen LogP contribution in [-0.2, 0) is 19.9 Å². The molecule has 0 bridgehead atoms. The Morgan fingerprint density at radius 3 is 2.52 bits per heavy atom. The van der Waals surface area contributed by atoms with Crippen molar-refractivity contribution in [3.8, 4) is 0 Å². The molecule has 2 heterocycles. The molecule has 1 amide bonds. The Morgan fingerprint density at radius 1 is 1.19 bits per heavy atom. The van der Waals surface area contributed by atoms with E-state index in [4.69, 9.17) is 4.74 Å². The summed E-state index contributed by atoms with van der Waals surface area (Å²) < 4.78 is 18.5. The summed E-state index contributed by atoms with van der Waals surface area (Å²) in [6.45, 7) is 1.89. The molecule has 2 aliphatic heterocycles. The van der Waals surface area contributed by atoms with Crippen LogP contribution in [0.15, 0.2) is 48.5 Å². The van der Waals surface area contributed by atoms with E-state index in [0.29, 0.717) is 0 Å². The van der Waals surface area contributed by atoms with Gasteiger partial charge in [-0.15, -0.1) is 0 Å². The minimum atomic E-state index is -1.02. The molecule has 0 aliphatic carbocycles. The number of hydrogen-bond donors (Lipinski definition) is 1. The van der Waals surface area contributed by atoms with Gasteiger partial charge < -0.3 is 9.64 Å². The Balaban J connectivity index is 1.88. The van der Waals surface area contributed by atoms with Gasteiger partial charge in [-0.2, -0.15) is 0 Å². The van der Waals surface area contributed by atoms with E-state index in [1.54, 1.807) is 24.1 Å². The van der Waals surface area contributed by atoms with Crippen LogP contribution in [0.5, 0.6) is 0 Å². The number of nitrogens with one attached hydrogen (secondary N) is 1. The van der Waals surface area contributed by atoms with Crippen molar-refractivity contribution < 1.29 is 18.7 Å². The number of fused-ring (bicyclic) bond motifs is 2. The third-order valence-corrected chi connectivity index (χ3v) is 6.00. The minimum Gasteiger partial charge on any atom is -0.469 e. The summed E-state index contributed by atoms with van der Waals surface area (Å²) in [7, 11) is 3.08. The standard InChI is InChI=1S/C21H21FN2O3/c1-12-17(19(25)27-3)18(13-8-10-14(22)11-9-13)23-21(12)15-6-4-5-7-16(15)24(2)20(21)26/h4-12,17-18,23H,1-3H3/t12-,17-,18-,21-/m0/s1. The smallest absolute Gasteiger partial charge is 0.310 e. The fourth-order valence-corrected chi connectivity index (χ4v) is 4.63. The van der Waals surface area contributed by atoms with Gasteiger partial charge in [-0.3, -0.25) is 14.9 Å².